The van der Waals surface area contributed by atoms with E-state index in [1.807, 2.05) is 49.4 Å². The fraction of sp³-hybridized carbons (Fsp3) is 0.273. The van der Waals surface area contributed by atoms with E-state index < -0.39 is 6.10 Å². The van der Waals surface area contributed by atoms with Gasteiger partial charge >= 0.3 is 0 Å². The van der Waals surface area contributed by atoms with Crippen molar-refractivity contribution < 1.29 is 19.1 Å². The number of carbonyl (C=O) groups is 2. The smallest absolute Gasteiger partial charge is 0.262 e. The van der Waals surface area contributed by atoms with Crippen LogP contribution in [0.4, 0.5) is 5.69 Å². The molecule has 6 heteroatoms. The summed E-state index contributed by atoms with van der Waals surface area (Å²) in [6, 6.07) is 14.7. The summed E-state index contributed by atoms with van der Waals surface area (Å²) in [6.07, 6.45) is 3.35. The Morgan fingerprint density at radius 1 is 1.21 bits per heavy atom. The number of methoxy groups -OCH3 is 1. The van der Waals surface area contributed by atoms with Gasteiger partial charge in [0.15, 0.2) is 6.10 Å². The number of nitrogens with one attached hydrogen (secondary N) is 1. The van der Waals surface area contributed by atoms with Crippen LogP contribution in [-0.4, -0.2) is 38.1 Å². The second-order valence-electron chi connectivity index (χ2n) is 6.42. The van der Waals surface area contributed by atoms with Gasteiger partial charge in [0.2, 0.25) is 0 Å². The molecule has 0 unspecified atom stereocenters. The zero-order chi connectivity index (χ0) is 19.9. The lowest BCUT2D eigenvalue weighted by Crippen LogP contribution is -2.50. The zero-order valence-corrected chi connectivity index (χ0v) is 16.1. The number of carbonyl (C=O) groups excluding carboxylic acids is 2. The Balaban J connectivity index is 1.78. The first-order chi connectivity index (χ1) is 13.6. The number of fused-ring (bicyclic) bond motifs is 1. The van der Waals surface area contributed by atoms with Crippen molar-refractivity contribution in [3.63, 3.8) is 0 Å². The first-order valence-corrected chi connectivity index (χ1v) is 9.29. The molecular weight excluding hydrogens is 356 g/mol. The second-order valence-corrected chi connectivity index (χ2v) is 6.42. The number of benzene rings is 2. The molecule has 0 saturated carbocycles. The third-order valence-corrected chi connectivity index (χ3v) is 4.42. The Hall–Kier alpha value is -3.28. The van der Waals surface area contributed by atoms with Crippen molar-refractivity contribution in [1.29, 1.82) is 0 Å². The molecule has 146 valence electrons. The van der Waals surface area contributed by atoms with Crippen molar-refractivity contribution in [3.8, 4) is 11.5 Å². The van der Waals surface area contributed by atoms with E-state index in [0.29, 0.717) is 18.0 Å². The fourth-order valence-corrected chi connectivity index (χ4v) is 2.91. The van der Waals surface area contributed by atoms with E-state index in [-0.39, 0.29) is 18.4 Å². The maximum absolute atomic E-state index is 12.9. The van der Waals surface area contributed by atoms with Crippen LogP contribution in [0.2, 0.25) is 0 Å². The molecule has 1 N–H and O–H groups in total. The second kappa shape index (κ2) is 9.08. The minimum Gasteiger partial charge on any atom is -0.497 e. The van der Waals surface area contributed by atoms with Gasteiger partial charge < -0.3 is 19.7 Å². The molecule has 6 nitrogen and oxygen atoms in total. The molecule has 3 rings (SSSR count). The Labute approximate surface area is 164 Å². The first kappa shape index (κ1) is 19.5. The van der Waals surface area contributed by atoms with Gasteiger partial charge in [-0.2, -0.15) is 0 Å². The molecule has 0 radical (unpaired) electrons. The highest BCUT2D eigenvalue weighted by Gasteiger charge is 2.32. The number of para-hydroxylation sites is 2. The van der Waals surface area contributed by atoms with E-state index in [0.717, 1.165) is 17.7 Å². The van der Waals surface area contributed by atoms with Gasteiger partial charge in [-0.05, 0) is 42.3 Å². The zero-order valence-electron chi connectivity index (χ0n) is 16.1. The lowest BCUT2D eigenvalue weighted by atomic mass is 10.1. The summed E-state index contributed by atoms with van der Waals surface area (Å²) in [4.78, 5) is 26.8. The van der Waals surface area contributed by atoms with E-state index >= 15 is 0 Å². The van der Waals surface area contributed by atoms with Gasteiger partial charge in [0, 0.05) is 12.6 Å². The van der Waals surface area contributed by atoms with E-state index in [4.69, 9.17) is 9.47 Å². The number of ether oxygens (including phenoxy) is 2. The lowest BCUT2D eigenvalue weighted by Gasteiger charge is -2.33. The van der Waals surface area contributed by atoms with Crippen LogP contribution in [0.3, 0.4) is 0 Å². The first-order valence-electron chi connectivity index (χ1n) is 9.29. The van der Waals surface area contributed by atoms with Crippen LogP contribution in [0.1, 0.15) is 18.9 Å². The number of nitrogens with zero attached hydrogens (tertiary/aromatic N) is 1. The Bertz CT molecular complexity index is 861. The predicted octanol–water partition coefficient (Wildman–Crippen LogP) is 3.03. The molecule has 1 aliphatic heterocycles. The molecule has 0 saturated heterocycles. The van der Waals surface area contributed by atoms with E-state index in [1.165, 1.54) is 6.08 Å². The van der Waals surface area contributed by atoms with Crippen molar-refractivity contribution in [2.75, 3.05) is 25.1 Å². The van der Waals surface area contributed by atoms with Crippen LogP contribution in [-0.2, 0) is 9.59 Å². The summed E-state index contributed by atoms with van der Waals surface area (Å²) < 4.78 is 11.0. The summed E-state index contributed by atoms with van der Waals surface area (Å²) in [5, 5.41) is 2.83. The number of anilines is 1. The maximum Gasteiger partial charge on any atom is 0.262 e. The van der Waals surface area contributed by atoms with Crippen molar-refractivity contribution in [2.24, 2.45) is 0 Å². The summed E-state index contributed by atoms with van der Waals surface area (Å²) in [7, 11) is 1.61. The highest BCUT2D eigenvalue weighted by Crippen LogP contribution is 2.33. The summed E-state index contributed by atoms with van der Waals surface area (Å²) in [6.45, 7) is 2.72. The molecule has 1 atom stereocenters. The average Bonchev–Trinajstić information content (AvgIpc) is 2.75. The van der Waals surface area contributed by atoms with Crippen molar-refractivity contribution in [3.05, 3.63) is 60.2 Å². The predicted molar refractivity (Wildman–Crippen MR) is 109 cm³/mol. The minimum absolute atomic E-state index is 0.165. The van der Waals surface area contributed by atoms with Gasteiger partial charge in [-0.25, -0.2) is 0 Å². The van der Waals surface area contributed by atoms with Crippen molar-refractivity contribution >= 4 is 23.6 Å². The molecular formula is C22H24N2O4. The third-order valence-electron chi connectivity index (χ3n) is 4.42. The lowest BCUT2D eigenvalue weighted by molar-refractivity contribution is -0.128. The fourth-order valence-electron chi connectivity index (χ4n) is 2.91. The number of amides is 2. The molecule has 0 spiro atoms. The van der Waals surface area contributed by atoms with Crippen LogP contribution in [0.25, 0.3) is 6.08 Å². The molecule has 2 amide bonds. The summed E-state index contributed by atoms with van der Waals surface area (Å²) in [5.74, 6) is 0.858. The third kappa shape index (κ3) is 4.52. The SMILES string of the molecule is CCCNC(=O)[C@H]1CN(C(=O)/C=C/c2ccc(OC)cc2)c2ccccc2O1. The van der Waals surface area contributed by atoms with Crippen LogP contribution in [0, 0.1) is 0 Å². The Kier molecular flexibility index (Phi) is 6.32. The topological polar surface area (TPSA) is 67.9 Å². The van der Waals surface area contributed by atoms with Gasteiger partial charge in [-0.3, -0.25) is 9.59 Å². The van der Waals surface area contributed by atoms with Crippen molar-refractivity contribution in [1.82, 2.24) is 5.32 Å². The van der Waals surface area contributed by atoms with E-state index in [1.54, 1.807) is 24.2 Å². The molecule has 2 aromatic rings. The number of hydrogen-bond donors (Lipinski definition) is 1. The molecule has 0 fully saturated rings. The highest BCUT2D eigenvalue weighted by atomic mass is 16.5. The summed E-state index contributed by atoms with van der Waals surface area (Å²) in [5.41, 5.74) is 1.54. The molecule has 1 aliphatic rings. The highest BCUT2D eigenvalue weighted by molar-refractivity contribution is 6.05. The Morgan fingerprint density at radius 2 is 1.96 bits per heavy atom. The largest absolute Gasteiger partial charge is 0.497 e. The minimum atomic E-state index is -0.736. The Morgan fingerprint density at radius 3 is 2.68 bits per heavy atom. The molecule has 1 heterocycles. The maximum atomic E-state index is 12.9. The monoisotopic (exact) mass is 380 g/mol. The van der Waals surface area contributed by atoms with Gasteiger partial charge in [-0.15, -0.1) is 0 Å². The normalized spacial score (nSPS) is 15.6. The standard InChI is InChI=1S/C22H24N2O4/c1-3-14-23-22(26)20-15-24(18-6-4-5-7-19(18)28-20)21(25)13-10-16-8-11-17(27-2)12-9-16/h4-13,20H,3,14-15H2,1-2H3,(H,23,26)/b13-10+/t20-/m1/s1. The number of hydrogen-bond acceptors (Lipinski definition) is 4. The van der Waals surface area contributed by atoms with Crippen LogP contribution in [0.15, 0.2) is 54.6 Å². The van der Waals surface area contributed by atoms with Gasteiger partial charge in [-0.1, -0.05) is 31.2 Å². The molecule has 0 bridgehead atoms. The van der Waals surface area contributed by atoms with Gasteiger partial charge in [0.25, 0.3) is 11.8 Å². The van der Waals surface area contributed by atoms with E-state index in [2.05, 4.69) is 5.32 Å². The van der Waals surface area contributed by atoms with E-state index in [9.17, 15) is 9.59 Å². The van der Waals surface area contributed by atoms with Crippen molar-refractivity contribution in [2.45, 2.75) is 19.4 Å². The van der Waals surface area contributed by atoms with Gasteiger partial charge in [0.1, 0.15) is 11.5 Å². The quantitative estimate of drug-likeness (QED) is 0.783. The molecule has 0 aliphatic carbocycles. The molecule has 28 heavy (non-hydrogen) atoms. The molecule has 0 aromatic heterocycles. The van der Waals surface area contributed by atoms with Crippen LogP contribution >= 0.6 is 0 Å². The number of rotatable bonds is 6. The van der Waals surface area contributed by atoms with Gasteiger partial charge in [0.05, 0.1) is 19.3 Å². The summed E-state index contributed by atoms with van der Waals surface area (Å²) >= 11 is 0. The van der Waals surface area contributed by atoms with Crippen LogP contribution < -0.4 is 19.7 Å². The average molecular weight is 380 g/mol. The van der Waals surface area contributed by atoms with Crippen LogP contribution in [0.5, 0.6) is 11.5 Å². The molecule has 2 aromatic carbocycles.